The molecular formula is C17H19N6O6P. The minimum atomic E-state index is -3.75. The number of aromatic amines is 1. The van der Waals surface area contributed by atoms with Gasteiger partial charge in [-0.15, -0.1) is 0 Å². The van der Waals surface area contributed by atoms with Crippen LogP contribution in [0.15, 0.2) is 57.3 Å². The summed E-state index contributed by atoms with van der Waals surface area (Å²) in [7, 11) is -3.75. The molecule has 4 rings (SSSR count). The fraction of sp³-hybridized carbons (Fsp3) is 0.412. The minimum absolute atomic E-state index is 0.102. The van der Waals surface area contributed by atoms with Gasteiger partial charge in [0.25, 0.3) is 5.56 Å². The molecule has 2 N–H and O–H groups in total. The quantitative estimate of drug-likeness (QED) is 0.314. The largest absolute Gasteiger partial charge is 0.406 e. The van der Waals surface area contributed by atoms with Crippen LogP contribution in [0.5, 0.6) is 0 Å². The zero-order valence-corrected chi connectivity index (χ0v) is 16.8. The van der Waals surface area contributed by atoms with Crippen molar-refractivity contribution < 1.29 is 18.3 Å². The number of benzene rings is 1. The Balaban J connectivity index is 1.62. The first-order valence-electron chi connectivity index (χ1n) is 9.10. The predicted octanol–water partition coefficient (Wildman–Crippen LogP) is 1.82. The number of hydrogen-bond acceptors (Lipinski definition) is 7. The summed E-state index contributed by atoms with van der Waals surface area (Å²) in [6, 6.07) is 10.4. The van der Waals surface area contributed by atoms with Gasteiger partial charge in [-0.05, 0) is 18.0 Å². The lowest BCUT2D eigenvalue weighted by Crippen LogP contribution is -2.48. The van der Waals surface area contributed by atoms with Crippen LogP contribution >= 0.6 is 7.75 Å². The maximum Gasteiger partial charge on any atom is 0.406 e. The van der Waals surface area contributed by atoms with Gasteiger partial charge in [0, 0.05) is 23.7 Å². The first-order chi connectivity index (χ1) is 14.3. The van der Waals surface area contributed by atoms with Crippen LogP contribution < -0.4 is 16.3 Å². The maximum atomic E-state index is 13.1. The van der Waals surface area contributed by atoms with Crippen LogP contribution in [0.3, 0.4) is 0 Å². The Morgan fingerprint density at radius 2 is 2.13 bits per heavy atom. The van der Waals surface area contributed by atoms with Crippen LogP contribution in [0.1, 0.15) is 18.7 Å². The van der Waals surface area contributed by atoms with Crippen molar-refractivity contribution in [2.24, 2.45) is 5.11 Å². The maximum absolute atomic E-state index is 13.1. The fourth-order valence-corrected chi connectivity index (χ4v) is 5.17. The van der Waals surface area contributed by atoms with Crippen molar-refractivity contribution in [3.8, 4) is 0 Å². The van der Waals surface area contributed by atoms with Crippen LogP contribution in [0.25, 0.3) is 10.4 Å². The highest BCUT2D eigenvalue weighted by molar-refractivity contribution is 7.51. The molecule has 0 bridgehead atoms. The van der Waals surface area contributed by atoms with Crippen LogP contribution in [-0.4, -0.2) is 33.9 Å². The van der Waals surface area contributed by atoms with Gasteiger partial charge in [-0.25, -0.2) is 14.4 Å². The monoisotopic (exact) mass is 434 g/mol. The van der Waals surface area contributed by atoms with Crippen LogP contribution in [0.2, 0.25) is 0 Å². The molecule has 30 heavy (non-hydrogen) atoms. The van der Waals surface area contributed by atoms with E-state index >= 15 is 0 Å². The Hall–Kier alpha value is -2.72. The molecule has 13 heteroatoms. The predicted molar refractivity (Wildman–Crippen MR) is 104 cm³/mol. The first-order valence-corrected chi connectivity index (χ1v) is 10.6. The summed E-state index contributed by atoms with van der Waals surface area (Å²) in [4.78, 5) is 28.7. The summed E-state index contributed by atoms with van der Waals surface area (Å²) in [6.45, 7) is 1.67. The zero-order valence-electron chi connectivity index (χ0n) is 15.9. The van der Waals surface area contributed by atoms with Gasteiger partial charge >= 0.3 is 13.4 Å². The van der Waals surface area contributed by atoms with E-state index in [0.717, 1.165) is 16.2 Å². The van der Waals surface area contributed by atoms with Gasteiger partial charge in [0.15, 0.2) is 6.23 Å². The summed E-state index contributed by atoms with van der Waals surface area (Å²) >= 11 is 0. The molecule has 0 aliphatic carbocycles. The van der Waals surface area contributed by atoms with E-state index in [4.69, 9.17) is 19.3 Å². The number of ether oxygens (including phenoxy) is 1. The van der Waals surface area contributed by atoms with E-state index in [-0.39, 0.29) is 13.2 Å². The molecule has 0 saturated carbocycles. The van der Waals surface area contributed by atoms with Crippen molar-refractivity contribution >= 4 is 7.75 Å². The van der Waals surface area contributed by atoms with Crippen molar-refractivity contribution in [1.82, 2.24) is 14.6 Å². The second kappa shape index (κ2) is 7.84. The van der Waals surface area contributed by atoms with Crippen molar-refractivity contribution in [3.63, 3.8) is 0 Å². The summed E-state index contributed by atoms with van der Waals surface area (Å²) in [6.07, 6.45) is -1.57. The van der Waals surface area contributed by atoms with Crippen molar-refractivity contribution in [1.29, 1.82) is 0 Å². The van der Waals surface area contributed by atoms with Gasteiger partial charge in [0.05, 0.1) is 6.61 Å². The average molecular weight is 434 g/mol. The highest BCUT2D eigenvalue weighted by atomic mass is 31.2. The van der Waals surface area contributed by atoms with E-state index in [2.05, 4.69) is 20.1 Å². The molecule has 2 saturated heterocycles. The Bertz CT molecular complexity index is 1150. The first kappa shape index (κ1) is 20.5. The standard InChI is InChI=1S/C17H19N6O6P/c1-17(21-22-18)14-12(28-15(17)23-8-7-13(24)20-16(23)25)10-27-30(26,29-14)19-9-11-5-3-2-4-6-11/h2-8,12,14-15H,9-10H2,1H3,(H,19,26)(H,20,24,25)/t12-,14-,15-,17-,30?/m1/s1. The molecule has 2 aromatic rings. The highest BCUT2D eigenvalue weighted by Gasteiger charge is 2.60. The molecule has 12 nitrogen and oxygen atoms in total. The smallest absolute Gasteiger partial charge is 0.349 e. The lowest BCUT2D eigenvalue weighted by Gasteiger charge is -2.36. The molecule has 1 aromatic carbocycles. The third-order valence-corrected chi connectivity index (χ3v) is 6.60. The van der Waals surface area contributed by atoms with Crippen molar-refractivity contribution in [3.05, 3.63) is 79.4 Å². The number of rotatable bonds is 5. The second-order valence-electron chi connectivity index (χ2n) is 7.10. The molecule has 0 radical (unpaired) electrons. The van der Waals surface area contributed by atoms with E-state index in [1.165, 1.54) is 13.1 Å². The van der Waals surface area contributed by atoms with E-state index in [1.807, 2.05) is 30.3 Å². The third kappa shape index (κ3) is 3.72. The van der Waals surface area contributed by atoms with Gasteiger partial charge in [-0.1, -0.05) is 35.4 Å². The van der Waals surface area contributed by atoms with E-state index in [1.54, 1.807) is 0 Å². The van der Waals surface area contributed by atoms with Crippen LogP contribution in [0.4, 0.5) is 0 Å². The summed E-state index contributed by atoms with van der Waals surface area (Å²) < 4.78 is 31.3. The number of nitrogens with one attached hydrogen (secondary N) is 2. The molecule has 0 spiro atoms. The number of nitrogens with zero attached hydrogens (tertiary/aromatic N) is 4. The highest BCUT2D eigenvalue weighted by Crippen LogP contribution is 2.56. The number of fused-ring (bicyclic) bond motifs is 1. The van der Waals surface area contributed by atoms with Gasteiger partial charge in [-0.2, -0.15) is 0 Å². The Kier molecular flexibility index (Phi) is 5.37. The van der Waals surface area contributed by atoms with Gasteiger partial charge in [0.1, 0.15) is 17.7 Å². The fourth-order valence-electron chi connectivity index (χ4n) is 3.57. The molecule has 2 aliphatic rings. The van der Waals surface area contributed by atoms with Crippen molar-refractivity contribution in [2.75, 3.05) is 6.61 Å². The Morgan fingerprint density at radius 3 is 2.83 bits per heavy atom. The number of azide groups is 1. The summed E-state index contributed by atoms with van der Waals surface area (Å²) in [5.41, 5.74) is 7.25. The summed E-state index contributed by atoms with van der Waals surface area (Å²) in [5.74, 6) is 0. The second-order valence-corrected chi connectivity index (χ2v) is 8.88. The topological polar surface area (TPSA) is 160 Å². The molecule has 3 heterocycles. The Labute approximate surface area is 170 Å². The SMILES string of the molecule is C[C@@]1(N=[N+]=[N-])[C@@H]2OP(=O)(NCc3ccccc3)OC[C@H]2O[C@H]1n1ccc(=O)[nH]c1=O. The molecule has 1 unspecified atom stereocenters. The normalized spacial score (nSPS) is 32.9. The van der Waals surface area contributed by atoms with Crippen LogP contribution in [0, 0.1) is 0 Å². The van der Waals surface area contributed by atoms with E-state index < -0.39 is 43.0 Å². The lowest BCUT2D eigenvalue weighted by atomic mass is 9.93. The minimum Gasteiger partial charge on any atom is -0.349 e. The molecule has 2 aliphatic heterocycles. The molecule has 5 atom stereocenters. The van der Waals surface area contributed by atoms with E-state index in [9.17, 15) is 14.2 Å². The number of H-pyrrole nitrogens is 1. The van der Waals surface area contributed by atoms with Gasteiger partial charge in [0.2, 0.25) is 0 Å². The lowest BCUT2D eigenvalue weighted by molar-refractivity contribution is -0.0609. The molecular weight excluding hydrogens is 415 g/mol. The number of hydrogen-bond donors (Lipinski definition) is 2. The summed E-state index contributed by atoms with van der Waals surface area (Å²) in [5, 5.41) is 6.60. The van der Waals surface area contributed by atoms with Gasteiger partial charge < -0.3 is 4.74 Å². The van der Waals surface area contributed by atoms with Gasteiger partial charge in [-0.3, -0.25) is 23.4 Å². The van der Waals surface area contributed by atoms with Crippen LogP contribution in [-0.2, 0) is 24.9 Å². The molecule has 2 fully saturated rings. The van der Waals surface area contributed by atoms with Crippen molar-refractivity contribution in [2.45, 2.75) is 37.4 Å². The Morgan fingerprint density at radius 1 is 1.37 bits per heavy atom. The molecule has 0 amide bonds. The zero-order chi connectivity index (χ0) is 21.4. The molecule has 158 valence electrons. The average Bonchev–Trinajstić information content (AvgIpc) is 2.99. The van der Waals surface area contributed by atoms with E-state index in [0.29, 0.717) is 0 Å². The third-order valence-electron chi connectivity index (χ3n) is 5.06. The molecule has 1 aromatic heterocycles. The number of aromatic nitrogens is 2.